The Hall–Kier alpha value is -2.57. The topological polar surface area (TPSA) is 72.1 Å². The van der Waals surface area contributed by atoms with Gasteiger partial charge in [0.25, 0.3) is 0 Å². The molecule has 3 aromatic rings. The molecule has 0 spiro atoms. The Morgan fingerprint density at radius 3 is 3.00 bits per heavy atom. The second-order valence-electron chi connectivity index (χ2n) is 4.94. The summed E-state index contributed by atoms with van der Waals surface area (Å²) in [5.74, 6) is 0.899. The normalized spacial score (nSPS) is 14.6. The third-order valence-electron chi connectivity index (χ3n) is 3.41. The van der Waals surface area contributed by atoms with Crippen LogP contribution in [0.5, 0.6) is 0 Å². The van der Waals surface area contributed by atoms with Crippen LogP contribution in [0.15, 0.2) is 36.7 Å². The highest BCUT2D eigenvalue weighted by Crippen LogP contribution is 2.31. The smallest absolute Gasteiger partial charge is 0.200 e. The second-order valence-corrected chi connectivity index (χ2v) is 4.94. The van der Waals surface area contributed by atoms with Gasteiger partial charge >= 0.3 is 0 Å². The standard InChI is InChI=1S/C13H13N7/c1-2-10(8-14-7-1)9-19(11-3-4-11)13-6-5-12-15-17-18-20(12)16-13/h1-2,5-8,11H,3-4,9H2. The molecule has 1 aliphatic carbocycles. The van der Waals surface area contributed by atoms with Crippen LogP contribution in [0, 0.1) is 0 Å². The van der Waals surface area contributed by atoms with Crippen molar-refractivity contribution in [2.24, 2.45) is 0 Å². The van der Waals surface area contributed by atoms with Crippen molar-refractivity contribution in [2.45, 2.75) is 25.4 Å². The molecular formula is C13H13N7. The lowest BCUT2D eigenvalue weighted by atomic mass is 10.2. The summed E-state index contributed by atoms with van der Waals surface area (Å²) in [5.41, 5.74) is 1.84. The first kappa shape index (κ1) is 11.3. The monoisotopic (exact) mass is 267 g/mol. The summed E-state index contributed by atoms with van der Waals surface area (Å²) in [6, 6.07) is 8.45. The van der Waals surface area contributed by atoms with Crippen molar-refractivity contribution >= 4 is 11.5 Å². The number of pyridine rings is 1. The Morgan fingerprint density at radius 2 is 2.20 bits per heavy atom. The predicted octanol–water partition coefficient (Wildman–Crippen LogP) is 1.08. The van der Waals surface area contributed by atoms with Gasteiger partial charge in [-0.25, -0.2) is 0 Å². The Kier molecular flexibility index (Phi) is 2.55. The summed E-state index contributed by atoms with van der Waals surface area (Å²) in [5, 5.41) is 15.8. The summed E-state index contributed by atoms with van der Waals surface area (Å²) in [6.45, 7) is 0.805. The molecule has 4 rings (SSSR count). The average molecular weight is 267 g/mol. The molecule has 100 valence electrons. The van der Waals surface area contributed by atoms with E-state index >= 15 is 0 Å². The molecule has 0 aromatic carbocycles. The highest BCUT2D eigenvalue weighted by Gasteiger charge is 2.30. The largest absolute Gasteiger partial charge is 0.348 e. The van der Waals surface area contributed by atoms with Crippen molar-refractivity contribution < 1.29 is 0 Å². The number of tetrazole rings is 1. The van der Waals surface area contributed by atoms with E-state index in [-0.39, 0.29) is 0 Å². The first-order valence-corrected chi connectivity index (χ1v) is 6.61. The van der Waals surface area contributed by atoms with Crippen LogP contribution in [-0.2, 0) is 6.54 Å². The van der Waals surface area contributed by atoms with E-state index in [4.69, 9.17) is 0 Å². The Bertz CT molecular complexity index is 720. The van der Waals surface area contributed by atoms with Gasteiger partial charge in [-0.3, -0.25) is 4.98 Å². The molecule has 3 heterocycles. The molecule has 0 atom stereocenters. The summed E-state index contributed by atoms with van der Waals surface area (Å²) < 4.78 is 1.47. The molecule has 0 N–H and O–H groups in total. The van der Waals surface area contributed by atoms with Gasteiger partial charge in [-0.15, -0.1) is 14.8 Å². The molecule has 7 heteroatoms. The minimum absolute atomic E-state index is 0.552. The van der Waals surface area contributed by atoms with E-state index in [1.54, 1.807) is 6.20 Å². The van der Waals surface area contributed by atoms with Gasteiger partial charge in [0.15, 0.2) is 11.5 Å². The van der Waals surface area contributed by atoms with Crippen LogP contribution in [0.4, 0.5) is 5.82 Å². The number of nitrogens with zero attached hydrogens (tertiary/aromatic N) is 7. The van der Waals surface area contributed by atoms with Crippen LogP contribution in [0.1, 0.15) is 18.4 Å². The molecule has 7 nitrogen and oxygen atoms in total. The summed E-state index contributed by atoms with van der Waals surface area (Å²) in [4.78, 5) is 6.46. The number of anilines is 1. The quantitative estimate of drug-likeness (QED) is 0.704. The van der Waals surface area contributed by atoms with Crippen LogP contribution in [0.3, 0.4) is 0 Å². The fourth-order valence-corrected chi connectivity index (χ4v) is 2.27. The van der Waals surface area contributed by atoms with Crippen molar-refractivity contribution in [3.8, 4) is 0 Å². The Balaban J connectivity index is 1.67. The first-order chi connectivity index (χ1) is 9.90. The van der Waals surface area contributed by atoms with Crippen LogP contribution in [-0.4, -0.2) is 36.3 Å². The van der Waals surface area contributed by atoms with Gasteiger partial charge in [-0.1, -0.05) is 6.07 Å². The summed E-state index contributed by atoms with van der Waals surface area (Å²) in [6.07, 6.45) is 6.09. The third kappa shape index (κ3) is 2.07. The van der Waals surface area contributed by atoms with Crippen molar-refractivity contribution in [3.05, 3.63) is 42.2 Å². The van der Waals surface area contributed by atoms with Gasteiger partial charge < -0.3 is 4.90 Å². The van der Waals surface area contributed by atoms with Gasteiger partial charge in [-0.2, -0.15) is 0 Å². The van der Waals surface area contributed by atoms with E-state index in [1.165, 1.54) is 23.0 Å². The maximum Gasteiger partial charge on any atom is 0.200 e. The molecule has 1 fully saturated rings. The average Bonchev–Trinajstić information content (AvgIpc) is 3.22. The number of fused-ring (bicyclic) bond motifs is 1. The second kappa shape index (κ2) is 4.52. The molecule has 1 aliphatic rings. The zero-order valence-electron chi connectivity index (χ0n) is 10.8. The number of aromatic nitrogens is 6. The maximum absolute atomic E-state index is 4.48. The molecule has 3 aromatic heterocycles. The molecule has 0 amide bonds. The highest BCUT2D eigenvalue weighted by molar-refractivity contribution is 5.46. The van der Waals surface area contributed by atoms with E-state index in [0.717, 1.165) is 12.4 Å². The highest BCUT2D eigenvalue weighted by atomic mass is 15.6. The summed E-state index contributed by atoms with van der Waals surface area (Å²) in [7, 11) is 0. The Labute approximate surface area is 115 Å². The van der Waals surface area contributed by atoms with Crippen molar-refractivity contribution in [1.82, 2.24) is 30.2 Å². The number of rotatable bonds is 4. The van der Waals surface area contributed by atoms with Crippen molar-refractivity contribution in [3.63, 3.8) is 0 Å². The van der Waals surface area contributed by atoms with Gasteiger partial charge in [0, 0.05) is 25.0 Å². The Morgan fingerprint density at radius 1 is 1.25 bits per heavy atom. The third-order valence-corrected chi connectivity index (χ3v) is 3.41. The SMILES string of the molecule is c1cncc(CN(c2ccc3nnnn3n2)C2CC2)c1. The molecule has 0 aliphatic heterocycles. The van der Waals surface area contributed by atoms with Gasteiger partial charge in [0.1, 0.15) is 0 Å². The minimum Gasteiger partial charge on any atom is -0.348 e. The van der Waals surface area contributed by atoms with Crippen molar-refractivity contribution in [1.29, 1.82) is 0 Å². The molecule has 0 radical (unpaired) electrons. The first-order valence-electron chi connectivity index (χ1n) is 6.61. The molecular weight excluding hydrogens is 254 g/mol. The van der Waals surface area contributed by atoms with E-state index in [2.05, 4.69) is 36.6 Å². The molecule has 1 saturated carbocycles. The minimum atomic E-state index is 0.552. The lowest BCUT2D eigenvalue weighted by molar-refractivity contribution is 0.698. The van der Waals surface area contributed by atoms with Gasteiger partial charge in [-0.05, 0) is 47.0 Å². The molecule has 20 heavy (non-hydrogen) atoms. The maximum atomic E-state index is 4.48. The van der Waals surface area contributed by atoms with Gasteiger partial charge in [0.2, 0.25) is 0 Å². The molecule has 0 bridgehead atoms. The fourth-order valence-electron chi connectivity index (χ4n) is 2.27. The van der Waals surface area contributed by atoms with Crippen LogP contribution in [0.2, 0.25) is 0 Å². The summed E-state index contributed by atoms with van der Waals surface area (Å²) >= 11 is 0. The van der Waals surface area contributed by atoms with E-state index in [1.807, 2.05) is 24.4 Å². The van der Waals surface area contributed by atoms with Crippen molar-refractivity contribution in [2.75, 3.05) is 4.90 Å². The van der Waals surface area contributed by atoms with E-state index < -0.39 is 0 Å². The van der Waals surface area contributed by atoms with Crippen LogP contribution < -0.4 is 4.90 Å². The van der Waals surface area contributed by atoms with Crippen LogP contribution >= 0.6 is 0 Å². The number of hydrogen-bond donors (Lipinski definition) is 0. The van der Waals surface area contributed by atoms with E-state index in [9.17, 15) is 0 Å². The van der Waals surface area contributed by atoms with Gasteiger partial charge in [0.05, 0.1) is 0 Å². The molecule has 0 saturated heterocycles. The van der Waals surface area contributed by atoms with Crippen LogP contribution in [0.25, 0.3) is 5.65 Å². The lowest BCUT2D eigenvalue weighted by Gasteiger charge is -2.22. The predicted molar refractivity (Wildman–Crippen MR) is 72.0 cm³/mol. The zero-order chi connectivity index (χ0) is 13.4. The van der Waals surface area contributed by atoms with E-state index in [0.29, 0.717) is 11.7 Å². The lowest BCUT2D eigenvalue weighted by Crippen LogP contribution is -2.26. The molecule has 0 unspecified atom stereocenters. The zero-order valence-corrected chi connectivity index (χ0v) is 10.8. The number of hydrogen-bond acceptors (Lipinski definition) is 6. The fraction of sp³-hybridized carbons (Fsp3) is 0.308.